The zero-order valence-corrected chi connectivity index (χ0v) is 13.3. The Balaban J connectivity index is 2.70. The molecule has 21 heavy (non-hydrogen) atoms. The van der Waals surface area contributed by atoms with Gasteiger partial charge >= 0.3 is 5.97 Å². The van der Waals surface area contributed by atoms with E-state index in [1.165, 1.54) is 24.5 Å². The number of carbonyl (C=O) groups is 1. The molecule has 5 heteroatoms. The van der Waals surface area contributed by atoms with Crippen LogP contribution in [0.15, 0.2) is 18.2 Å². The van der Waals surface area contributed by atoms with Gasteiger partial charge in [0.05, 0.1) is 12.8 Å². The van der Waals surface area contributed by atoms with E-state index in [1.807, 2.05) is 26.8 Å². The molecule has 2 aromatic rings. The fourth-order valence-electron chi connectivity index (χ4n) is 2.28. The van der Waals surface area contributed by atoms with Crippen molar-refractivity contribution in [3.05, 3.63) is 40.0 Å². The molecule has 0 fully saturated rings. The number of hydrogen-bond acceptors (Lipinski definition) is 4. The van der Waals surface area contributed by atoms with Gasteiger partial charge in [-0.25, -0.2) is 9.18 Å². The Bertz CT molecular complexity index is 692. The van der Waals surface area contributed by atoms with Gasteiger partial charge in [-0.05, 0) is 30.0 Å². The number of hydrogen-bond donors (Lipinski definition) is 1. The lowest BCUT2D eigenvalue weighted by molar-refractivity contribution is 0.0607. The predicted molar refractivity (Wildman–Crippen MR) is 84.3 cm³/mol. The molecule has 3 nitrogen and oxygen atoms in total. The summed E-state index contributed by atoms with van der Waals surface area (Å²) < 4.78 is 19.0. The highest BCUT2D eigenvalue weighted by Crippen LogP contribution is 2.43. The normalized spacial score (nSPS) is 11.0. The van der Waals surface area contributed by atoms with E-state index in [9.17, 15) is 9.18 Å². The van der Waals surface area contributed by atoms with Crippen LogP contribution >= 0.6 is 11.3 Å². The number of nitrogens with two attached hydrogens (primary N) is 1. The lowest BCUT2D eigenvalue weighted by Crippen LogP contribution is -2.03. The van der Waals surface area contributed by atoms with Crippen molar-refractivity contribution < 1.29 is 13.9 Å². The van der Waals surface area contributed by atoms with Gasteiger partial charge in [0.1, 0.15) is 10.7 Å². The van der Waals surface area contributed by atoms with Crippen LogP contribution in [0.1, 0.15) is 40.6 Å². The molecule has 0 atom stereocenters. The summed E-state index contributed by atoms with van der Waals surface area (Å²) in [4.78, 5) is 12.8. The summed E-state index contributed by atoms with van der Waals surface area (Å²) in [6, 6.07) is 5.05. The Morgan fingerprint density at radius 3 is 2.57 bits per heavy atom. The standard InChI is InChI=1S/C16H18FNO2S/c1-8(2)12-13(18)15(16(19)20-4)21-14(12)10-6-5-9(3)7-11(10)17/h5-8H,18H2,1-4H3. The van der Waals surface area contributed by atoms with Crippen LogP contribution in [0.5, 0.6) is 0 Å². The number of aryl methyl sites for hydroxylation is 1. The van der Waals surface area contributed by atoms with E-state index >= 15 is 0 Å². The number of rotatable bonds is 3. The van der Waals surface area contributed by atoms with Crippen molar-refractivity contribution in [1.82, 2.24) is 0 Å². The number of ether oxygens (including phenoxy) is 1. The summed E-state index contributed by atoms with van der Waals surface area (Å²) in [6.07, 6.45) is 0. The zero-order chi connectivity index (χ0) is 15.7. The Morgan fingerprint density at radius 2 is 2.05 bits per heavy atom. The van der Waals surface area contributed by atoms with E-state index < -0.39 is 5.97 Å². The number of esters is 1. The second kappa shape index (κ2) is 5.85. The van der Waals surface area contributed by atoms with Crippen LogP contribution in [0.3, 0.4) is 0 Å². The molecule has 1 aromatic heterocycles. The van der Waals surface area contributed by atoms with Crippen molar-refractivity contribution in [3.8, 4) is 10.4 Å². The molecule has 0 spiro atoms. The van der Waals surface area contributed by atoms with Gasteiger partial charge in [0.25, 0.3) is 0 Å². The van der Waals surface area contributed by atoms with E-state index in [-0.39, 0.29) is 11.7 Å². The summed E-state index contributed by atoms with van der Waals surface area (Å²) in [5.74, 6) is -0.719. The number of benzene rings is 1. The third kappa shape index (κ3) is 2.78. The fourth-order valence-corrected chi connectivity index (χ4v) is 3.60. The highest BCUT2D eigenvalue weighted by Gasteiger charge is 2.25. The molecular weight excluding hydrogens is 289 g/mol. The SMILES string of the molecule is COC(=O)c1sc(-c2ccc(C)cc2F)c(C(C)C)c1N. The van der Waals surface area contributed by atoms with Gasteiger partial charge < -0.3 is 10.5 Å². The average molecular weight is 307 g/mol. The van der Waals surface area contributed by atoms with Gasteiger partial charge in [-0.3, -0.25) is 0 Å². The van der Waals surface area contributed by atoms with Gasteiger partial charge in [0.2, 0.25) is 0 Å². The lowest BCUT2D eigenvalue weighted by Gasteiger charge is -2.10. The molecule has 1 heterocycles. The quantitative estimate of drug-likeness (QED) is 0.857. The van der Waals surface area contributed by atoms with Crippen molar-refractivity contribution in [2.75, 3.05) is 12.8 Å². The fraction of sp³-hybridized carbons (Fsp3) is 0.312. The second-order valence-corrected chi connectivity index (χ2v) is 6.24. The molecule has 112 valence electrons. The predicted octanol–water partition coefficient (Wildman–Crippen LogP) is 4.35. The van der Waals surface area contributed by atoms with Crippen LogP contribution in [-0.4, -0.2) is 13.1 Å². The van der Waals surface area contributed by atoms with E-state index in [2.05, 4.69) is 0 Å². The highest BCUT2D eigenvalue weighted by atomic mass is 32.1. The van der Waals surface area contributed by atoms with Crippen LogP contribution in [-0.2, 0) is 4.74 Å². The minimum atomic E-state index is -0.488. The Hall–Kier alpha value is -1.88. The average Bonchev–Trinajstić information content (AvgIpc) is 2.75. The number of halogens is 1. The highest BCUT2D eigenvalue weighted by molar-refractivity contribution is 7.18. The first kappa shape index (κ1) is 15.5. The number of nitrogen functional groups attached to an aromatic ring is 1. The third-order valence-corrected chi connectivity index (χ3v) is 4.54. The smallest absolute Gasteiger partial charge is 0.350 e. The van der Waals surface area contributed by atoms with Crippen molar-refractivity contribution >= 4 is 23.0 Å². The topological polar surface area (TPSA) is 52.3 Å². The van der Waals surface area contributed by atoms with Gasteiger partial charge in [-0.1, -0.05) is 26.0 Å². The number of anilines is 1. The molecule has 1 aromatic carbocycles. The van der Waals surface area contributed by atoms with Crippen molar-refractivity contribution in [2.24, 2.45) is 0 Å². The van der Waals surface area contributed by atoms with Gasteiger partial charge in [-0.2, -0.15) is 0 Å². The number of methoxy groups -OCH3 is 1. The van der Waals surface area contributed by atoms with E-state index in [0.29, 0.717) is 21.0 Å². The maximum absolute atomic E-state index is 14.3. The first-order chi connectivity index (χ1) is 9.86. The van der Waals surface area contributed by atoms with Crippen LogP contribution < -0.4 is 5.73 Å². The Labute approximate surface area is 127 Å². The molecule has 0 aliphatic carbocycles. The summed E-state index contributed by atoms with van der Waals surface area (Å²) in [7, 11) is 1.31. The summed E-state index contributed by atoms with van der Waals surface area (Å²) >= 11 is 1.18. The molecule has 0 aliphatic heterocycles. The molecule has 0 bridgehead atoms. The minimum absolute atomic E-state index is 0.0790. The Kier molecular flexibility index (Phi) is 4.32. The first-order valence-electron chi connectivity index (χ1n) is 6.63. The summed E-state index contributed by atoms with van der Waals surface area (Å²) in [5.41, 5.74) is 8.58. The Morgan fingerprint density at radius 1 is 1.38 bits per heavy atom. The molecule has 0 aliphatic rings. The van der Waals surface area contributed by atoms with Gasteiger partial charge in [-0.15, -0.1) is 11.3 Å². The van der Waals surface area contributed by atoms with E-state index in [0.717, 1.165) is 11.1 Å². The maximum Gasteiger partial charge on any atom is 0.350 e. The van der Waals surface area contributed by atoms with Crippen molar-refractivity contribution in [2.45, 2.75) is 26.7 Å². The zero-order valence-electron chi connectivity index (χ0n) is 12.5. The molecule has 2 rings (SSSR count). The van der Waals surface area contributed by atoms with Crippen LogP contribution in [0, 0.1) is 12.7 Å². The van der Waals surface area contributed by atoms with Crippen LogP contribution in [0.2, 0.25) is 0 Å². The summed E-state index contributed by atoms with van der Waals surface area (Å²) in [5, 5.41) is 0. The van der Waals surface area contributed by atoms with Gasteiger partial charge in [0.15, 0.2) is 0 Å². The van der Waals surface area contributed by atoms with Gasteiger partial charge in [0, 0.05) is 10.4 Å². The monoisotopic (exact) mass is 307 g/mol. The maximum atomic E-state index is 14.3. The third-order valence-electron chi connectivity index (χ3n) is 3.30. The molecule has 0 saturated heterocycles. The number of thiophene rings is 1. The van der Waals surface area contributed by atoms with E-state index in [1.54, 1.807) is 6.07 Å². The van der Waals surface area contributed by atoms with Crippen molar-refractivity contribution in [1.29, 1.82) is 0 Å². The van der Waals surface area contributed by atoms with Crippen LogP contribution in [0.4, 0.5) is 10.1 Å². The second-order valence-electron chi connectivity index (χ2n) is 5.22. The largest absolute Gasteiger partial charge is 0.465 e. The summed E-state index contributed by atoms with van der Waals surface area (Å²) in [6.45, 7) is 5.77. The molecular formula is C16H18FNO2S. The molecule has 0 saturated carbocycles. The van der Waals surface area contributed by atoms with Crippen LogP contribution in [0.25, 0.3) is 10.4 Å². The molecule has 0 radical (unpaired) electrons. The van der Waals surface area contributed by atoms with E-state index in [4.69, 9.17) is 10.5 Å². The first-order valence-corrected chi connectivity index (χ1v) is 7.45. The van der Waals surface area contributed by atoms with Crippen molar-refractivity contribution in [3.63, 3.8) is 0 Å². The number of carbonyl (C=O) groups excluding carboxylic acids is 1. The minimum Gasteiger partial charge on any atom is -0.465 e. The molecule has 0 amide bonds. The molecule has 2 N–H and O–H groups in total. The lowest BCUT2D eigenvalue weighted by atomic mass is 9.97. The molecule has 0 unspecified atom stereocenters.